The Kier molecular flexibility index (Phi) is 42.0. The van der Waals surface area contributed by atoms with Gasteiger partial charge in [-0.1, -0.05) is 256 Å². The molecule has 3 N–H and O–H groups in total. The van der Waals surface area contributed by atoms with Gasteiger partial charge in [0.25, 0.3) is 0 Å². The molecular weight excluding hydrogens is 1290 g/mol. The Labute approximate surface area is 635 Å². The molecule has 6 aromatic carbocycles. The Morgan fingerprint density at radius 3 is 0.894 bits per heavy atom. The molecule has 9 rings (SSSR count). The minimum atomic E-state index is -0.153. The van der Waals surface area contributed by atoms with Gasteiger partial charge in [0.2, 0.25) is 12.6 Å². The summed E-state index contributed by atoms with van der Waals surface area (Å²) in [6.07, 6.45) is 25.7. The molecule has 12 unspecified atom stereocenters. The molecule has 3 saturated carbocycles. The topological polar surface area (TPSA) is 116 Å². The fourth-order valence-electron chi connectivity index (χ4n) is 13.4. The third kappa shape index (κ3) is 36.1. The lowest BCUT2D eigenvalue weighted by Crippen LogP contribution is -2.37. The van der Waals surface area contributed by atoms with Crippen molar-refractivity contribution in [1.29, 1.82) is 0 Å². The molecule has 0 radical (unpaired) electrons. The number of phenols is 3. The largest absolute Gasteiger partial charge is 0.508 e. The van der Waals surface area contributed by atoms with Crippen molar-refractivity contribution in [2.45, 2.75) is 347 Å². The van der Waals surface area contributed by atoms with Crippen LogP contribution >= 0.6 is 0 Å². The second-order valence-electron chi connectivity index (χ2n) is 33.4. The van der Waals surface area contributed by atoms with Gasteiger partial charge in [-0.25, -0.2) is 0 Å². The van der Waals surface area contributed by atoms with Gasteiger partial charge in [0, 0.05) is 25.9 Å². The van der Waals surface area contributed by atoms with Crippen LogP contribution in [-0.4, -0.2) is 53.0 Å². The van der Waals surface area contributed by atoms with Crippen LogP contribution < -0.4 is 14.2 Å². The number of hydrogen-bond acceptors (Lipinski definition) is 9. The van der Waals surface area contributed by atoms with Crippen molar-refractivity contribution in [3.63, 3.8) is 0 Å². The molecule has 3 aliphatic rings. The van der Waals surface area contributed by atoms with Crippen molar-refractivity contribution in [3.8, 4) is 34.5 Å². The molecule has 0 aromatic heterocycles. The number of fused-ring (bicyclic) bond motifs is 1. The molecule has 6 aromatic rings. The molecule has 9 nitrogen and oxygen atoms in total. The van der Waals surface area contributed by atoms with Gasteiger partial charge in [-0.2, -0.15) is 0 Å². The first-order valence-electron chi connectivity index (χ1n) is 41.1. The molecule has 582 valence electrons. The van der Waals surface area contributed by atoms with Crippen LogP contribution in [0.1, 0.15) is 349 Å². The Hall–Kier alpha value is -6.00. The predicted octanol–water partition coefficient (Wildman–Crippen LogP) is 28.1. The van der Waals surface area contributed by atoms with Crippen LogP contribution in [0.4, 0.5) is 0 Å². The molecule has 0 aliphatic heterocycles. The van der Waals surface area contributed by atoms with Crippen molar-refractivity contribution < 1.29 is 43.7 Å². The summed E-state index contributed by atoms with van der Waals surface area (Å²) in [5.41, 5.74) is 8.40. The van der Waals surface area contributed by atoms with Gasteiger partial charge < -0.3 is 43.7 Å². The highest BCUT2D eigenvalue weighted by atomic mass is 16.7. The van der Waals surface area contributed by atoms with Gasteiger partial charge in [-0.05, 0) is 248 Å². The minimum absolute atomic E-state index is 0.139. The summed E-state index contributed by atoms with van der Waals surface area (Å²) in [6, 6.07) is 47.9. The SMILES string of the molecule is CCC(C)c1ccc(O)cc1.CCC(C)c1ccc(O)cc1.CCC(C)c1ccc(O)cc1.CCC(C)c1ccc(OC(CC(C)(C)C)OC2CCC3CCCCC3C2)cc1.CCC(C)c1ccc(OC(CC(C)(C)C)OC2CCCCC2)cc1.CCOC(CC(C)C)Oc1ccc(C(C)CC)cc1. The van der Waals surface area contributed by atoms with E-state index in [4.69, 9.17) is 43.7 Å². The molecule has 0 spiro atoms. The van der Waals surface area contributed by atoms with Crippen molar-refractivity contribution in [3.05, 3.63) is 179 Å². The Morgan fingerprint density at radius 2 is 0.606 bits per heavy atom. The maximum Gasteiger partial charge on any atom is 0.200 e. The van der Waals surface area contributed by atoms with Gasteiger partial charge in [0.05, 0.1) is 12.2 Å². The normalized spacial score (nSPS) is 18.6. The Balaban J connectivity index is 0.000000275. The zero-order valence-electron chi connectivity index (χ0n) is 69.3. The van der Waals surface area contributed by atoms with Gasteiger partial charge in [-0.15, -0.1) is 0 Å². The van der Waals surface area contributed by atoms with Crippen LogP contribution in [0.3, 0.4) is 0 Å². The molecule has 3 aliphatic carbocycles. The standard InChI is InChI=1S/C26H42O2.C22H36O2.C17H28O2.3C10H14O/c1-6-19(2)20-11-14-23(15-12-20)27-25(18-26(3,4)5)28-24-16-13-21-9-7-8-10-22(21)17-24;1-6-17(2)18-12-14-20(15-13-18)24-21(16-22(3,4)5)23-19-10-8-7-9-11-19;1-6-14(5)15-8-10-16(11-9-15)19-17(18-7-2)12-13(3)4;3*1-3-8(2)9-4-6-10(11)7-5-9/h11-12,14-15,19,21-22,24-25H,6-10,13,16-18H2,1-5H3;12-15,17,19,21H,6-11,16H2,1-5H3;8-11,13-14,17H,6-7,12H2,1-5H3;3*4-8,11H,3H2,1-2H3. The maximum atomic E-state index is 9.01. The average Bonchev–Trinajstić information content (AvgIpc) is 0.833. The van der Waals surface area contributed by atoms with Crippen LogP contribution in [0.2, 0.25) is 0 Å². The lowest BCUT2D eigenvalue weighted by molar-refractivity contribution is -0.152. The van der Waals surface area contributed by atoms with E-state index in [0.29, 0.717) is 77.5 Å². The Bertz CT molecular complexity index is 2980. The summed E-state index contributed by atoms with van der Waals surface area (Å²) < 4.78 is 37.1. The molecule has 9 heteroatoms. The van der Waals surface area contributed by atoms with Crippen LogP contribution in [0.15, 0.2) is 146 Å². The molecule has 12 atom stereocenters. The molecule has 0 amide bonds. The first kappa shape index (κ1) is 90.4. The zero-order valence-corrected chi connectivity index (χ0v) is 69.3. The zero-order chi connectivity index (χ0) is 76.8. The summed E-state index contributed by atoms with van der Waals surface area (Å²) in [6.45, 7) is 47.2. The number of aromatic hydroxyl groups is 3. The molecule has 0 bridgehead atoms. The first-order valence-corrected chi connectivity index (χ1v) is 41.1. The summed E-state index contributed by atoms with van der Waals surface area (Å²) in [5.74, 6) is 9.78. The average molecular weight is 1430 g/mol. The van der Waals surface area contributed by atoms with Crippen LogP contribution in [0.5, 0.6) is 34.5 Å². The number of phenolic OH excluding ortho intramolecular Hbond substituents is 3. The van der Waals surface area contributed by atoms with Crippen molar-refractivity contribution in [1.82, 2.24) is 0 Å². The monoisotopic (exact) mass is 1430 g/mol. The number of hydrogen-bond donors (Lipinski definition) is 3. The second kappa shape index (κ2) is 48.3. The van der Waals surface area contributed by atoms with Crippen molar-refractivity contribution >= 4 is 0 Å². The van der Waals surface area contributed by atoms with Crippen LogP contribution in [0.25, 0.3) is 0 Å². The number of benzene rings is 6. The second-order valence-corrected chi connectivity index (χ2v) is 33.4. The third-order valence-electron chi connectivity index (χ3n) is 21.5. The lowest BCUT2D eigenvalue weighted by Gasteiger charge is -2.40. The molecule has 0 heterocycles. The van der Waals surface area contributed by atoms with Gasteiger partial charge in [-0.3, -0.25) is 0 Å². The maximum absolute atomic E-state index is 9.01. The number of ether oxygens (including phenoxy) is 6. The van der Waals surface area contributed by atoms with Crippen molar-refractivity contribution in [2.24, 2.45) is 28.6 Å². The molecular formula is C95H148O9. The van der Waals surface area contributed by atoms with E-state index in [1.165, 1.54) is 117 Å². The summed E-state index contributed by atoms with van der Waals surface area (Å²) in [5, 5.41) is 27.0. The summed E-state index contributed by atoms with van der Waals surface area (Å²) >= 11 is 0. The minimum Gasteiger partial charge on any atom is -0.508 e. The predicted molar refractivity (Wildman–Crippen MR) is 440 cm³/mol. The molecule has 104 heavy (non-hydrogen) atoms. The summed E-state index contributed by atoms with van der Waals surface area (Å²) in [7, 11) is 0. The first-order chi connectivity index (χ1) is 49.5. The fourth-order valence-corrected chi connectivity index (χ4v) is 13.4. The fraction of sp³-hybridized carbons (Fsp3) is 0.621. The van der Waals surface area contributed by atoms with E-state index in [2.05, 4.69) is 199 Å². The highest BCUT2D eigenvalue weighted by molar-refractivity contribution is 5.33. The smallest absolute Gasteiger partial charge is 0.200 e. The van der Waals surface area contributed by atoms with Crippen molar-refractivity contribution in [2.75, 3.05) is 6.61 Å². The summed E-state index contributed by atoms with van der Waals surface area (Å²) in [4.78, 5) is 0. The lowest BCUT2D eigenvalue weighted by atomic mass is 9.70. The van der Waals surface area contributed by atoms with E-state index in [1.807, 2.05) is 55.5 Å². The van der Waals surface area contributed by atoms with E-state index in [9.17, 15) is 0 Å². The highest BCUT2D eigenvalue weighted by Gasteiger charge is 2.35. The molecule has 3 fully saturated rings. The van der Waals surface area contributed by atoms with E-state index in [1.54, 1.807) is 36.4 Å². The van der Waals surface area contributed by atoms with E-state index in [0.717, 1.165) is 80.5 Å². The quantitative estimate of drug-likeness (QED) is 0.0413. The van der Waals surface area contributed by atoms with Gasteiger partial charge in [0.15, 0.2) is 6.29 Å². The highest BCUT2D eigenvalue weighted by Crippen LogP contribution is 2.43. The molecule has 0 saturated heterocycles. The van der Waals surface area contributed by atoms with Gasteiger partial charge in [0.1, 0.15) is 34.5 Å². The van der Waals surface area contributed by atoms with E-state index >= 15 is 0 Å². The Morgan fingerprint density at radius 1 is 0.327 bits per heavy atom. The number of rotatable bonds is 28. The van der Waals surface area contributed by atoms with Crippen LogP contribution in [0, 0.1) is 28.6 Å². The van der Waals surface area contributed by atoms with E-state index in [-0.39, 0.29) is 29.7 Å². The third-order valence-corrected chi connectivity index (χ3v) is 21.5. The van der Waals surface area contributed by atoms with Gasteiger partial charge >= 0.3 is 0 Å². The van der Waals surface area contributed by atoms with E-state index < -0.39 is 0 Å². The van der Waals surface area contributed by atoms with Crippen LogP contribution in [-0.2, 0) is 14.2 Å².